The van der Waals surface area contributed by atoms with Crippen LogP contribution in [0, 0.1) is 0 Å². The highest BCUT2D eigenvalue weighted by Crippen LogP contribution is 2.37. The van der Waals surface area contributed by atoms with Crippen LogP contribution in [0.1, 0.15) is 16.1 Å². The van der Waals surface area contributed by atoms with E-state index in [2.05, 4.69) is 4.98 Å². The van der Waals surface area contributed by atoms with E-state index >= 15 is 0 Å². The zero-order chi connectivity index (χ0) is 13.2. The van der Waals surface area contributed by atoms with Crippen LogP contribution in [0.2, 0.25) is 0 Å². The minimum absolute atomic E-state index is 0.248. The number of carboxylic acid groups (broad SMARTS) is 1. The second-order valence-corrected chi connectivity index (χ2v) is 5.14. The Morgan fingerprint density at radius 2 is 2.26 bits per heavy atom. The molecule has 1 N–H and O–H groups in total. The minimum Gasteiger partial charge on any atom is -0.491 e. The number of anilines is 2. The van der Waals surface area contributed by atoms with Gasteiger partial charge in [0.1, 0.15) is 10.6 Å². The maximum absolute atomic E-state index is 10.9. The Labute approximate surface area is 114 Å². The SMILES string of the molecule is O=C(O)c1cnc(N2CCCOc3ccccc32)s1. The monoisotopic (exact) mass is 276 g/mol. The maximum Gasteiger partial charge on any atom is 0.347 e. The van der Waals surface area contributed by atoms with Crippen molar-refractivity contribution < 1.29 is 14.6 Å². The highest BCUT2D eigenvalue weighted by atomic mass is 32.1. The van der Waals surface area contributed by atoms with Crippen molar-refractivity contribution in [2.75, 3.05) is 18.1 Å². The smallest absolute Gasteiger partial charge is 0.347 e. The summed E-state index contributed by atoms with van der Waals surface area (Å²) >= 11 is 1.18. The van der Waals surface area contributed by atoms with Crippen LogP contribution in [0.15, 0.2) is 30.5 Å². The van der Waals surface area contributed by atoms with Gasteiger partial charge in [0.05, 0.1) is 18.5 Å². The molecule has 0 spiro atoms. The first-order valence-electron chi connectivity index (χ1n) is 5.94. The standard InChI is InChI=1S/C13H12N2O3S/c16-12(17)11-8-14-13(19-11)15-6-3-7-18-10-5-2-1-4-9(10)15/h1-2,4-5,8H,3,6-7H2,(H,16,17). The zero-order valence-electron chi connectivity index (χ0n) is 10.1. The molecule has 6 heteroatoms. The molecule has 2 aromatic rings. The Kier molecular flexibility index (Phi) is 3.08. The van der Waals surface area contributed by atoms with Gasteiger partial charge in [0.25, 0.3) is 0 Å². The van der Waals surface area contributed by atoms with Crippen molar-refractivity contribution in [1.82, 2.24) is 4.98 Å². The number of para-hydroxylation sites is 2. The van der Waals surface area contributed by atoms with E-state index in [1.54, 1.807) is 0 Å². The second kappa shape index (κ2) is 4.89. The van der Waals surface area contributed by atoms with Crippen molar-refractivity contribution in [3.8, 4) is 5.75 Å². The van der Waals surface area contributed by atoms with Crippen molar-refractivity contribution >= 4 is 28.1 Å². The fourth-order valence-electron chi connectivity index (χ4n) is 2.01. The lowest BCUT2D eigenvalue weighted by Crippen LogP contribution is -2.17. The van der Waals surface area contributed by atoms with Crippen molar-refractivity contribution in [2.24, 2.45) is 0 Å². The Hall–Kier alpha value is -2.08. The number of aromatic carboxylic acids is 1. The third-order valence-electron chi connectivity index (χ3n) is 2.87. The normalized spacial score (nSPS) is 14.4. The predicted molar refractivity (Wildman–Crippen MR) is 72.6 cm³/mol. The maximum atomic E-state index is 10.9. The number of carboxylic acids is 1. The average Bonchev–Trinajstić information content (AvgIpc) is 2.80. The molecule has 3 rings (SSSR count). The molecule has 1 aliphatic rings. The van der Waals surface area contributed by atoms with Gasteiger partial charge in [-0.05, 0) is 18.6 Å². The fraction of sp³-hybridized carbons (Fsp3) is 0.231. The molecule has 0 saturated carbocycles. The number of thiazole rings is 1. The van der Waals surface area contributed by atoms with E-state index in [1.165, 1.54) is 17.5 Å². The van der Waals surface area contributed by atoms with Crippen LogP contribution >= 0.6 is 11.3 Å². The summed E-state index contributed by atoms with van der Waals surface area (Å²) in [6.45, 7) is 1.42. The lowest BCUT2D eigenvalue weighted by atomic mass is 10.2. The molecule has 0 aliphatic carbocycles. The van der Waals surface area contributed by atoms with Gasteiger partial charge in [-0.15, -0.1) is 0 Å². The number of ether oxygens (including phenoxy) is 1. The molecular formula is C13H12N2O3S. The Morgan fingerprint density at radius 3 is 3.05 bits per heavy atom. The minimum atomic E-state index is -0.942. The molecule has 0 radical (unpaired) electrons. The highest BCUT2D eigenvalue weighted by Gasteiger charge is 2.21. The first-order chi connectivity index (χ1) is 9.25. The number of aromatic nitrogens is 1. The summed E-state index contributed by atoms with van der Waals surface area (Å²) in [7, 11) is 0. The van der Waals surface area contributed by atoms with Gasteiger partial charge >= 0.3 is 5.97 Å². The van der Waals surface area contributed by atoms with E-state index in [0.717, 1.165) is 24.4 Å². The van der Waals surface area contributed by atoms with E-state index in [9.17, 15) is 4.79 Å². The summed E-state index contributed by atoms with van der Waals surface area (Å²) in [6.07, 6.45) is 2.27. The Morgan fingerprint density at radius 1 is 1.42 bits per heavy atom. The molecule has 19 heavy (non-hydrogen) atoms. The van der Waals surface area contributed by atoms with Crippen molar-refractivity contribution in [1.29, 1.82) is 0 Å². The van der Waals surface area contributed by atoms with Crippen LogP contribution in [0.3, 0.4) is 0 Å². The number of hydrogen-bond donors (Lipinski definition) is 1. The van der Waals surface area contributed by atoms with Crippen LogP contribution in [0.25, 0.3) is 0 Å². The van der Waals surface area contributed by atoms with Gasteiger partial charge < -0.3 is 14.7 Å². The largest absolute Gasteiger partial charge is 0.491 e. The lowest BCUT2D eigenvalue weighted by molar-refractivity contribution is 0.0702. The predicted octanol–water partition coefficient (Wildman–Crippen LogP) is 2.76. The molecule has 2 heterocycles. The van der Waals surface area contributed by atoms with Gasteiger partial charge in [0.15, 0.2) is 5.13 Å². The summed E-state index contributed by atoms with van der Waals surface area (Å²) in [6, 6.07) is 7.74. The number of nitrogens with zero attached hydrogens (tertiary/aromatic N) is 2. The molecule has 1 aliphatic heterocycles. The molecule has 1 aromatic carbocycles. The van der Waals surface area contributed by atoms with Crippen molar-refractivity contribution in [2.45, 2.75) is 6.42 Å². The van der Waals surface area contributed by atoms with Gasteiger partial charge in [-0.1, -0.05) is 23.5 Å². The first-order valence-corrected chi connectivity index (χ1v) is 6.76. The van der Waals surface area contributed by atoms with E-state index in [1.807, 2.05) is 29.2 Å². The number of benzene rings is 1. The van der Waals surface area contributed by atoms with Gasteiger partial charge in [-0.3, -0.25) is 0 Å². The van der Waals surface area contributed by atoms with Crippen LogP contribution in [-0.4, -0.2) is 29.2 Å². The van der Waals surface area contributed by atoms with Crippen LogP contribution < -0.4 is 9.64 Å². The molecular weight excluding hydrogens is 264 g/mol. The highest BCUT2D eigenvalue weighted by molar-refractivity contribution is 7.17. The van der Waals surface area contributed by atoms with Crippen LogP contribution in [-0.2, 0) is 0 Å². The third-order valence-corrected chi connectivity index (χ3v) is 3.88. The molecule has 0 saturated heterocycles. The van der Waals surface area contributed by atoms with Crippen molar-refractivity contribution in [3.05, 3.63) is 35.3 Å². The summed E-state index contributed by atoms with van der Waals surface area (Å²) in [5.74, 6) is -0.129. The number of fused-ring (bicyclic) bond motifs is 1. The van der Waals surface area contributed by atoms with E-state index < -0.39 is 5.97 Å². The molecule has 0 bridgehead atoms. The van der Waals surface area contributed by atoms with Crippen LogP contribution in [0.5, 0.6) is 5.75 Å². The molecule has 5 nitrogen and oxygen atoms in total. The summed E-state index contributed by atoms with van der Waals surface area (Å²) < 4.78 is 5.67. The van der Waals surface area contributed by atoms with E-state index in [4.69, 9.17) is 9.84 Å². The van der Waals surface area contributed by atoms with Crippen LogP contribution in [0.4, 0.5) is 10.8 Å². The van der Waals surface area contributed by atoms with Gasteiger partial charge in [0.2, 0.25) is 0 Å². The Bertz CT molecular complexity index is 611. The van der Waals surface area contributed by atoms with E-state index in [-0.39, 0.29) is 4.88 Å². The average molecular weight is 276 g/mol. The van der Waals surface area contributed by atoms with Gasteiger partial charge in [0, 0.05) is 6.54 Å². The molecule has 0 amide bonds. The van der Waals surface area contributed by atoms with Crippen molar-refractivity contribution in [3.63, 3.8) is 0 Å². The van der Waals surface area contributed by atoms with E-state index in [0.29, 0.717) is 11.7 Å². The summed E-state index contributed by atoms with van der Waals surface area (Å²) in [4.78, 5) is 17.4. The van der Waals surface area contributed by atoms with Gasteiger partial charge in [-0.25, -0.2) is 9.78 Å². The molecule has 0 atom stereocenters. The summed E-state index contributed by atoms with van der Waals surface area (Å²) in [5, 5.41) is 9.66. The lowest BCUT2D eigenvalue weighted by Gasteiger charge is -2.20. The number of rotatable bonds is 2. The van der Waals surface area contributed by atoms with Gasteiger partial charge in [-0.2, -0.15) is 0 Å². The number of carbonyl (C=O) groups is 1. The molecule has 1 aromatic heterocycles. The Balaban J connectivity index is 2.01. The quantitative estimate of drug-likeness (QED) is 0.913. The molecule has 98 valence electrons. The first kappa shape index (κ1) is 12.0. The molecule has 0 unspecified atom stereocenters. The summed E-state index contributed by atoms with van der Waals surface area (Å²) in [5.41, 5.74) is 0.936. The topological polar surface area (TPSA) is 62.7 Å². The molecule has 0 fully saturated rings. The fourth-order valence-corrected chi connectivity index (χ4v) is 2.81. The zero-order valence-corrected chi connectivity index (χ0v) is 10.9. The third kappa shape index (κ3) is 2.26. The number of hydrogen-bond acceptors (Lipinski definition) is 5. The second-order valence-electron chi connectivity index (χ2n) is 4.13.